The Bertz CT molecular complexity index is 280. The normalized spacial score (nSPS) is 15.0. The number of carbonyl (C=O) groups is 1. The average Bonchev–Trinajstić information content (AvgIpc) is 2.53. The van der Waals surface area contributed by atoms with E-state index >= 15 is 0 Å². The molecule has 0 aromatic carbocycles. The van der Waals surface area contributed by atoms with E-state index in [4.69, 9.17) is 0 Å². The van der Waals surface area contributed by atoms with E-state index in [9.17, 15) is 9.90 Å². The van der Waals surface area contributed by atoms with Gasteiger partial charge in [-0.25, -0.2) is 0 Å². The summed E-state index contributed by atoms with van der Waals surface area (Å²) in [6, 6.07) is 3.73. The van der Waals surface area contributed by atoms with Gasteiger partial charge in [0.05, 0.1) is 6.54 Å². The summed E-state index contributed by atoms with van der Waals surface area (Å²) in [6.07, 6.45) is 0. The maximum absolute atomic E-state index is 10.6. The first-order valence-electron chi connectivity index (χ1n) is 4.03. The molecule has 1 rings (SSSR count). The molecule has 1 unspecified atom stereocenters. The standard InChI is InChI=1S/C9H13NO2S/c1-7(11)10-6-9(2,12)8-4-3-5-13-8/h3-5,12H,6H2,1-2H3,(H,10,11). The summed E-state index contributed by atoms with van der Waals surface area (Å²) in [4.78, 5) is 11.5. The van der Waals surface area contributed by atoms with E-state index in [1.807, 2.05) is 17.5 Å². The molecule has 0 aliphatic heterocycles. The molecular weight excluding hydrogens is 186 g/mol. The van der Waals surface area contributed by atoms with Gasteiger partial charge in [0.2, 0.25) is 5.91 Å². The van der Waals surface area contributed by atoms with Crippen LogP contribution in [0.25, 0.3) is 0 Å². The van der Waals surface area contributed by atoms with Gasteiger partial charge in [0, 0.05) is 11.8 Å². The highest BCUT2D eigenvalue weighted by Crippen LogP contribution is 2.24. The van der Waals surface area contributed by atoms with Crippen molar-refractivity contribution >= 4 is 17.2 Å². The van der Waals surface area contributed by atoms with Gasteiger partial charge in [-0.1, -0.05) is 6.07 Å². The molecular formula is C9H13NO2S. The molecule has 0 aliphatic rings. The lowest BCUT2D eigenvalue weighted by molar-refractivity contribution is -0.120. The molecule has 1 atom stereocenters. The van der Waals surface area contributed by atoms with Gasteiger partial charge in [-0.3, -0.25) is 4.79 Å². The van der Waals surface area contributed by atoms with Crippen LogP contribution in [0.15, 0.2) is 17.5 Å². The Morgan fingerprint density at radius 1 is 1.77 bits per heavy atom. The third-order valence-electron chi connectivity index (χ3n) is 1.73. The van der Waals surface area contributed by atoms with Crippen molar-refractivity contribution in [3.05, 3.63) is 22.4 Å². The number of hydrogen-bond donors (Lipinski definition) is 2. The zero-order valence-electron chi connectivity index (χ0n) is 7.70. The summed E-state index contributed by atoms with van der Waals surface area (Å²) >= 11 is 1.48. The van der Waals surface area contributed by atoms with Gasteiger partial charge in [-0.15, -0.1) is 11.3 Å². The lowest BCUT2D eigenvalue weighted by Crippen LogP contribution is -2.36. The van der Waals surface area contributed by atoms with Crippen LogP contribution < -0.4 is 5.32 Å². The Morgan fingerprint density at radius 2 is 2.46 bits per heavy atom. The van der Waals surface area contributed by atoms with E-state index in [2.05, 4.69) is 5.32 Å². The fourth-order valence-corrected chi connectivity index (χ4v) is 1.76. The van der Waals surface area contributed by atoms with E-state index in [1.54, 1.807) is 6.92 Å². The summed E-state index contributed by atoms with van der Waals surface area (Å²) in [5, 5.41) is 14.4. The van der Waals surface area contributed by atoms with Crippen LogP contribution in [0.5, 0.6) is 0 Å². The van der Waals surface area contributed by atoms with Gasteiger partial charge in [-0.2, -0.15) is 0 Å². The van der Waals surface area contributed by atoms with Crippen LogP contribution in [-0.4, -0.2) is 17.6 Å². The molecule has 13 heavy (non-hydrogen) atoms. The van der Waals surface area contributed by atoms with Gasteiger partial charge >= 0.3 is 0 Å². The number of hydrogen-bond acceptors (Lipinski definition) is 3. The minimum Gasteiger partial charge on any atom is -0.383 e. The SMILES string of the molecule is CC(=O)NCC(C)(O)c1cccs1. The molecule has 0 aliphatic carbocycles. The van der Waals surface area contributed by atoms with Crippen molar-refractivity contribution in [1.82, 2.24) is 5.32 Å². The number of nitrogens with one attached hydrogen (secondary N) is 1. The molecule has 3 nitrogen and oxygen atoms in total. The quantitative estimate of drug-likeness (QED) is 0.765. The molecule has 0 spiro atoms. The molecule has 0 saturated carbocycles. The van der Waals surface area contributed by atoms with Crippen molar-refractivity contribution in [2.24, 2.45) is 0 Å². The Balaban J connectivity index is 2.61. The second-order valence-electron chi connectivity index (χ2n) is 3.16. The minimum atomic E-state index is -0.958. The lowest BCUT2D eigenvalue weighted by atomic mass is 10.1. The van der Waals surface area contributed by atoms with Gasteiger partial charge in [0.15, 0.2) is 0 Å². The average molecular weight is 199 g/mol. The van der Waals surface area contributed by atoms with E-state index < -0.39 is 5.60 Å². The highest BCUT2D eigenvalue weighted by Gasteiger charge is 2.23. The second-order valence-corrected chi connectivity index (χ2v) is 4.11. The van der Waals surface area contributed by atoms with Crippen molar-refractivity contribution in [3.8, 4) is 0 Å². The summed E-state index contributed by atoms with van der Waals surface area (Å²) in [5.74, 6) is -0.128. The summed E-state index contributed by atoms with van der Waals surface area (Å²) in [5.41, 5.74) is -0.958. The lowest BCUT2D eigenvalue weighted by Gasteiger charge is -2.21. The molecule has 1 aromatic heterocycles. The predicted octanol–water partition coefficient (Wildman–Crippen LogP) is 1.09. The number of aliphatic hydroxyl groups is 1. The van der Waals surface area contributed by atoms with Crippen molar-refractivity contribution in [2.45, 2.75) is 19.4 Å². The first-order chi connectivity index (χ1) is 6.02. The largest absolute Gasteiger partial charge is 0.383 e. The van der Waals surface area contributed by atoms with E-state index in [0.29, 0.717) is 0 Å². The molecule has 1 aromatic rings. The molecule has 0 bridgehead atoms. The van der Waals surface area contributed by atoms with Crippen LogP contribution >= 0.6 is 11.3 Å². The monoisotopic (exact) mass is 199 g/mol. The zero-order chi connectivity index (χ0) is 9.90. The molecule has 72 valence electrons. The Kier molecular flexibility index (Phi) is 3.06. The van der Waals surface area contributed by atoms with Crippen LogP contribution in [0.2, 0.25) is 0 Å². The molecule has 0 fully saturated rings. The highest BCUT2D eigenvalue weighted by molar-refractivity contribution is 7.10. The maximum Gasteiger partial charge on any atom is 0.216 e. The third-order valence-corrected chi connectivity index (χ3v) is 2.86. The molecule has 1 amide bonds. The van der Waals surface area contributed by atoms with Gasteiger partial charge in [0.1, 0.15) is 5.60 Å². The molecule has 1 heterocycles. The van der Waals surface area contributed by atoms with Crippen LogP contribution in [0, 0.1) is 0 Å². The molecule has 0 radical (unpaired) electrons. The predicted molar refractivity (Wildman–Crippen MR) is 52.6 cm³/mol. The van der Waals surface area contributed by atoms with Crippen molar-refractivity contribution < 1.29 is 9.90 Å². The van der Waals surface area contributed by atoms with Gasteiger partial charge in [-0.05, 0) is 18.4 Å². The Morgan fingerprint density at radius 3 is 2.92 bits per heavy atom. The van der Waals surface area contributed by atoms with Crippen LogP contribution in [0.3, 0.4) is 0 Å². The van der Waals surface area contributed by atoms with E-state index in [0.717, 1.165) is 4.88 Å². The number of rotatable bonds is 3. The molecule has 4 heteroatoms. The summed E-state index contributed by atoms with van der Waals surface area (Å²) < 4.78 is 0. The third kappa shape index (κ3) is 2.82. The van der Waals surface area contributed by atoms with Crippen LogP contribution in [-0.2, 0) is 10.4 Å². The van der Waals surface area contributed by atoms with Crippen molar-refractivity contribution in [1.29, 1.82) is 0 Å². The van der Waals surface area contributed by atoms with Crippen LogP contribution in [0.1, 0.15) is 18.7 Å². The van der Waals surface area contributed by atoms with Crippen LogP contribution in [0.4, 0.5) is 0 Å². The zero-order valence-corrected chi connectivity index (χ0v) is 8.52. The summed E-state index contributed by atoms with van der Waals surface area (Å²) in [7, 11) is 0. The first-order valence-corrected chi connectivity index (χ1v) is 4.91. The highest BCUT2D eigenvalue weighted by atomic mass is 32.1. The summed E-state index contributed by atoms with van der Waals surface area (Å²) in [6.45, 7) is 3.38. The Hall–Kier alpha value is -0.870. The van der Waals surface area contributed by atoms with Gasteiger partial charge in [0.25, 0.3) is 0 Å². The maximum atomic E-state index is 10.6. The van der Waals surface area contributed by atoms with Gasteiger partial charge < -0.3 is 10.4 Å². The fraction of sp³-hybridized carbons (Fsp3) is 0.444. The first kappa shape index (κ1) is 10.2. The smallest absolute Gasteiger partial charge is 0.216 e. The van der Waals surface area contributed by atoms with E-state index in [-0.39, 0.29) is 12.5 Å². The second kappa shape index (κ2) is 3.89. The number of amides is 1. The minimum absolute atomic E-state index is 0.128. The van der Waals surface area contributed by atoms with Crippen molar-refractivity contribution in [2.75, 3.05) is 6.54 Å². The molecule has 0 saturated heterocycles. The molecule has 2 N–H and O–H groups in total. The van der Waals surface area contributed by atoms with Crippen molar-refractivity contribution in [3.63, 3.8) is 0 Å². The fourth-order valence-electron chi connectivity index (χ4n) is 0.969. The topological polar surface area (TPSA) is 49.3 Å². The Labute approximate surface area is 81.4 Å². The number of carbonyl (C=O) groups excluding carboxylic acids is 1. The number of thiophene rings is 1. The van der Waals surface area contributed by atoms with E-state index in [1.165, 1.54) is 18.3 Å².